The standard InChI is InChI=1S/C11H18N2O4/c14-10(15)7-1-3-8(4-2-7)12-5-9-6-13-11(16)17-9/h7-9,12H,1-6H2,(H,13,16)(H,14,15). The topological polar surface area (TPSA) is 87.7 Å². The molecule has 1 amide bonds. The summed E-state index contributed by atoms with van der Waals surface area (Å²) in [7, 11) is 0. The quantitative estimate of drug-likeness (QED) is 0.661. The maximum atomic E-state index is 10.8. The molecular weight excluding hydrogens is 224 g/mol. The molecule has 1 aliphatic heterocycles. The number of hydrogen-bond acceptors (Lipinski definition) is 4. The largest absolute Gasteiger partial charge is 0.481 e. The third-order valence-corrected chi connectivity index (χ3v) is 3.46. The minimum absolute atomic E-state index is 0.0975. The van der Waals surface area contributed by atoms with Gasteiger partial charge in [-0.1, -0.05) is 0 Å². The fourth-order valence-corrected chi connectivity index (χ4v) is 2.39. The number of aliphatic carboxylic acids is 1. The average molecular weight is 242 g/mol. The van der Waals surface area contributed by atoms with Gasteiger partial charge in [0, 0.05) is 12.6 Å². The van der Waals surface area contributed by atoms with Crippen LogP contribution in [-0.2, 0) is 9.53 Å². The van der Waals surface area contributed by atoms with Gasteiger partial charge in [-0.15, -0.1) is 0 Å². The molecule has 6 heteroatoms. The van der Waals surface area contributed by atoms with Crippen LogP contribution < -0.4 is 10.6 Å². The van der Waals surface area contributed by atoms with Crippen LogP contribution in [0.1, 0.15) is 25.7 Å². The number of rotatable bonds is 4. The molecular formula is C11H18N2O4. The van der Waals surface area contributed by atoms with Gasteiger partial charge >= 0.3 is 12.1 Å². The van der Waals surface area contributed by atoms with Gasteiger partial charge in [0.25, 0.3) is 0 Å². The zero-order chi connectivity index (χ0) is 12.3. The van der Waals surface area contributed by atoms with Crippen molar-refractivity contribution in [1.82, 2.24) is 10.6 Å². The van der Waals surface area contributed by atoms with Crippen molar-refractivity contribution in [3.63, 3.8) is 0 Å². The lowest BCUT2D eigenvalue weighted by Crippen LogP contribution is -2.40. The van der Waals surface area contributed by atoms with E-state index in [2.05, 4.69) is 10.6 Å². The van der Waals surface area contributed by atoms with E-state index in [1.807, 2.05) is 0 Å². The number of carboxylic acids is 1. The van der Waals surface area contributed by atoms with E-state index in [4.69, 9.17) is 9.84 Å². The first-order valence-electron chi connectivity index (χ1n) is 6.06. The second-order valence-corrected chi connectivity index (χ2v) is 4.70. The molecule has 0 radical (unpaired) electrons. The van der Waals surface area contributed by atoms with Gasteiger partial charge in [-0.25, -0.2) is 4.79 Å². The molecule has 0 bridgehead atoms. The summed E-state index contributed by atoms with van der Waals surface area (Å²) >= 11 is 0. The van der Waals surface area contributed by atoms with Gasteiger partial charge < -0.3 is 20.5 Å². The minimum Gasteiger partial charge on any atom is -0.481 e. The Morgan fingerprint density at radius 3 is 2.65 bits per heavy atom. The van der Waals surface area contributed by atoms with E-state index >= 15 is 0 Å². The highest BCUT2D eigenvalue weighted by atomic mass is 16.6. The molecule has 0 aromatic heterocycles. The summed E-state index contributed by atoms with van der Waals surface area (Å²) in [6.07, 6.45) is 2.77. The van der Waals surface area contributed by atoms with Crippen LogP contribution in [-0.4, -0.2) is 42.4 Å². The normalized spacial score (nSPS) is 32.9. The van der Waals surface area contributed by atoms with E-state index in [0.717, 1.165) is 25.7 Å². The number of ether oxygens (including phenoxy) is 1. The van der Waals surface area contributed by atoms with E-state index in [1.165, 1.54) is 0 Å². The van der Waals surface area contributed by atoms with Crippen LogP contribution in [0.4, 0.5) is 4.79 Å². The lowest BCUT2D eigenvalue weighted by molar-refractivity contribution is -0.142. The first-order chi connectivity index (χ1) is 8.15. The van der Waals surface area contributed by atoms with Crippen molar-refractivity contribution in [3.05, 3.63) is 0 Å². The Bertz CT molecular complexity index is 300. The van der Waals surface area contributed by atoms with Gasteiger partial charge in [-0.05, 0) is 25.7 Å². The molecule has 1 unspecified atom stereocenters. The molecule has 2 rings (SSSR count). The number of cyclic esters (lactones) is 1. The smallest absolute Gasteiger partial charge is 0.407 e. The summed E-state index contributed by atoms with van der Waals surface area (Å²) in [5, 5.41) is 14.8. The highest BCUT2D eigenvalue weighted by Gasteiger charge is 2.27. The van der Waals surface area contributed by atoms with Crippen molar-refractivity contribution in [2.45, 2.75) is 37.8 Å². The van der Waals surface area contributed by atoms with E-state index in [1.54, 1.807) is 0 Å². The molecule has 1 heterocycles. The fraction of sp³-hybridized carbons (Fsp3) is 0.818. The van der Waals surface area contributed by atoms with Crippen molar-refractivity contribution >= 4 is 12.1 Å². The van der Waals surface area contributed by atoms with Gasteiger partial charge in [-0.3, -0.25) is 4.79 Å². The zero-order valence-corrected chi connectivity index (χ0v) is 9.65. The summed E-state index contributed by atoms with van der Waals surface area (Å²) in [4.78, 5) is 21.6. The second-order valence-electron chi connectivity index (χ2n) is 4.70. The Labute approximate surface area is 99.7 Å². The van der Waals surface area contributed by atoms with Crippen molar-refractivity contribution in [3.8, 4) is 0 Å². The number of carbonyl (C=O) groups is 2. The van der Waals surface area contributed by atoms with Crippen LogP contribution >= 0.6 is 0 Å². The van der Waals surface area contributed by atoms with Crippen LogP contribution in [0.5, 0.6) is 0 Å². The van der Waals surface area contributed by atoms with Crippen LogP contribution in [0.15, 0.2) is 0 Å². The molecule has 2 aliphatic rings. The average Bonchev–Trinajstić information content (AvgIpc) is 2.73. The Morgan fingerprint density at radius 1 is 1.41 bits per heavy atom. The minimum atomic E-state index is -0.683. The van der Waals surface area contributed by atoms with Crippen molar-refractivity contribution in [2.24, 2.45) is 5.92 Å². The van der Waals surface area contributed by atoms with Crippen LogP contribution in [0.3, 0.4) is 0 Å². The number of alkyl carbamates (subject to hydrolysis) is 1. The highest BCUT2D eigenvalue weighted by molar-refractivity contribution is 5.70. The summed E-state index contributed by atoms with van der Waals surface area (Å²) in [5.41, 5.74) is 0. The van der Waals surface area contributed by atoms with Gasteiger partial charge in [0.15, 0.2) is 0 Å². The lowest BCUT2D eigenvalue weighted by atomic mass is 9.86. The number of nitrogens with one attached hydrogen (secondary N) is 2. The number of carboxylic acid groups (broad SMARTS) is 1. The molecule has 3 N–H and O–H groups in total. The van der Waals surface area contributed by atoms with Crippen molar-refractivity contribution in [1.29, 1.82) is 0 Å². The number of hydrogen-bond donors (Lipinski definition) is 3. The molecule has 0 spiro atoms. The molecule has 6 nitrogen and oxygen atoms in total. The van der Waals surface area contributed by atoms with Gasteiger partial charge in [0.2, 0.25) is 0 Å². The first-order valence-corrected chi connectivity index (χ1v) is 6.06. The summed E-state index contributed by atoms with van der Waals surface area (Å²) in [6.45, 7) is 1.19. The third kappa shape index (κ3) is 3.33. The first kappa shape index (κ1) is 12.2. The maximum absolute atomic E-state index is 10.8. The number of amides is 1. The second kappa shape index (κ2) is 5.35. The van der Waals surface area contributed by atoms with E-state index in [9.17, 15) is 9.59 Å². The predicted molar refractivity (Wildman–Crippen MR) is 59.7 cm³/mol. The maximum Gasteiger partial charge on any atom is 0.407 e. The molecule has 0 aromatic rings. The third-order valence-electron chi connectivity index (χ3n) is 3.46. The summed E-state index contributed by atoms with van der Waals surface area (Å²) < 4.78 is 5.01. The Balaban J connectivity index is 1.65. The van der Waals surface area contributed by atoms with E-state index in [-0.39, 0.29) is 18.1 Å². The van der Waals surface area contributed by atoms with Gasteiger partial charge in [-0.2, -0.15) is 0 Å². The Kier molecular flexibility index (Phi) is 3.83. The summed E-state index contributed by atoms with van der Waals surface area (Å²) in [6, 6.07) is 0.352. The SMILES string of the molecule is O=C1NCC(CNC2CCC(C(=O)O)CC2)O1. The molecule has 2 fully saturated rings. The predicted octanol–water partition coefficient (Wildman–Crippen LogP) is 0.328. The van der Waals surface area contributed by atoms with Crippen LogP contribution in [0.2, 0.25) is 0 Å². The molecule has 0 aromatic carbocycles. The Hall–Kier alpha value is -1.30. The fourth-order valence-electron chi connectivity index (χ4n) is 2.39. The van der Waals surface area contributed by atoms with Gasteiger partial charge in [0.1, 0.15) is 6.10 Å². The molecule has 1 atom stereocenters. The lowest BCUT2D eigenvalue weighted by Gasteiger charge is -2.27. The van der Waals surface area contributed by atoms with E-state index < -0.39 is 5.97 Å². The highest BCUT2D eigenvalue weighted by Crippen LogP contribution is 2.24. The van der Waals surface area contributed by atoms with Gasteiger partial charge in [0.05, 0.1) is 12.5 Å². The molecule has 1 aliphatic carbocycles. The molecule has 1 saturated heterocycles. The number of carbonyl (C=O) groups excluding carboxylic acids is 1. The van der Waals surface area contributed by atoms with Crippen molar-refractivity contribution < 1.29 is 19.4 Å². The van der Waals surface area contributed by atoms with Crippen molar-refractivity contribution in [2.75, 3.05) is 13.1 Å². The van der Waals surface area contributed by atoms with Crippen LogP contribution in [0.25, 0.3) is 0 Å². The monoisotopic (exact) mass is 242 g/mol. The molecule has 17 heavy (non-hydrogen) atoms. The van der Waals surface area contributed by atoms with Crippen LogP contribution in [0, 0.1) is 5.92 Å². The summed E-state index contributed by atoms with van der Waals surface area (Å²) in [5.74, 6) is -0.864. The van der Waals surface area contributed by atoms with E-state index in [0.29, 0.717) is 19.1 Å². The zero-order valence-electron chi connectivity index (χ0n) is 9.65. The molecule has 1 saturated carbocycles. The molecule has 96 valence electrons. The Morgan fingerprint density at radius 2 is 2.12 bits per heavy atom.